The van der Waals surface area contributed by atoms with Crippen LogP contribution in [0.1, 0.15) is 17.5 Å². The monoisotopic (exact) mass is 342 g/mol. The molecule has 128 valence electrons. The van der Waals surface area contributed by atoms with Crippen LogP contribution >= 0.6 is 11.8 Å². The number of rotatable bonds is 6. The van der Waals surface area contributed by atoms with Crippen molar-refractivity contribution < 1.29 is 10.2 Å². The summed E-state index contributed by atoms with van der Waals surface area (Å²) in [4.78, 5) is 0. The van der Waals surface area contributed by atoms with Crippen molar-refractivity contribution in [2.75, 3.05) is 24.7 Å². The zero-order valence-electron chi connectivity index (χ0n) is 14.0. The summed E-state index contributed by atoms with van der Waals surface area (Å²) in [6.07, 6.45) is 2.60. The van der Waals surface area contributed by atoms with E-state index in [-0.39, 0.29) is 24.0 Å². The second-order valence-corrected chi connectivity index (χ2v) is 8.30. The highest BCUT2D eigenvalue weighted by Crippen LogP contribution is 2.47. The molecule has 0 unspecified atom stereocenters. The number of benzene rings is 2. The molecule has 2 N–H and O–H groups in total. The SMILES string of the molecule is OC[C@@]1(Cc2ccccc2)CSC[C@@](CO)(Cc2ccccc2)C1. The lowest BCUT2D eigenvalue weighted by atomic mass is 9.68. The van der Waals surface area contributed by atoms with Crippen LogP contribution < -0.4 is 0 Å². The Bertz CT molecular complexity index is 575. The highest BCUT2D eigenvalue weighted by Gasteiger charge is 2.44. The maximum absolute atomic E-state index is 10.2. The number of hydrogen-bond donors (Lipinski definition) is 2. The molecule has 0 aromatic heterocycles. The van der Waals surface area contributed by atoms with Crippen molar-refractivity contribution in [2.45, 2.75) is 19.3 Å². The number of aliphatic hydroxyl groups excluding tert-OH is 2. The Morgan fingerprint density at radius 1 is 0.708 bits per heavy atom. The Morgan fingerprint density at radius 2 is 1.12 bits per heavy atom. The fraction of sp³-hybridized carbons (Fsp3) is 0.429. The van der Waals surface area contributed by atoms with Crippen LogP contribution in [0.5, 0.6) is 0 Å². The average Bonchev–Trinajstić information content (AvgIpc) is 2.63. The fourth-order valence-electron chi connectivity index (χ4n) is 3.98. The Morgan fingerprint density at radius 3 is 1.50 bits per heavy atom. The largest absolute Gasteiger partial charge is 0.396 e. The van der Waals surface area contributed by atoms with E-state index in [9.17, 15) is 10.2 Å². The molecule has 3 heteroatoms. The van der Waals surface area contributed by atoms with Crippen molar-refractivity contribution in [3.05, 3.63) is 71.8 Å². The van der Waals surface area contributed by atoms with Crippen molar-refractivity contribution in [3.63, 3.8) is 0 Å². The molecule has 2 aromatic rings. The second kappa shape index (κ2) is 7.73. The number of aliphatic hydroxyl groups is 2. The van der Waals surface area contributed by atoms with Crippen LogP contribution in [0.15, 0.2) is 60.7 Å². The van der Waals surface area contributed by atoms with Crippen LogP contribution in [-0.4, -0.2) is 34.9 Å². The zero-order valence-corrected chi connectivity index (χ0v) is 14.8. The van der Waals surface area contributed by atoms with E-state index in [1.807, 2.05) is 23.9 Å². The third-order valence-corrected chi connectivity index (χ3v) is 6.71. The molecule has 24 heavy (non-hydrogen) atoms. The topological polar surface area (TPSA) is 40.5 Å². The van der Waals surface area contributed by atoms with E-state index in [4.69, 9.17) is 0 Å². The predicted molar refractivity (Wildman–Crippen MR) is 101 cm³/mol. The van der Waals surface area contributed by atoms with Crippen LogP contribution in [0.4, 0.5) is 0 Å². The van der Waals surface area contributed by atoms with Gasteiger partial charge in [0.05, 0.1) is 0 Å². The van der Waals surface area contributed by atoms with Gasteiger partial charge in [0.25, 0.3) is 0 Å². The molecule has 1 saturated heterocycles. The smallest absolute Gasteiger partial charge is 0.0498 e. The van der Waals surface area contributed by atoms with Gasteiger partial charge in [-0.1, -0.05) is 60.7 Å². The quantitative estimate of drug-likeness (QED) is 0.843. The molecular formula is C21H26O2S. The lowest BCUT2D eigenvalue weighted by Crippen LogP contribution is -2.46. The molecule has 3 rings (SSSR count). The van der Waals surface area contributed by atoms with Gasteiger partial charge in [-0.15, -0.1) is 0 Å². The van der Waals surface area contributed by atoms with Gasteiger partial charge in [-0.3, -0.25) is 0 Å². The van der Waals surface area contributed by atoms with E-state index in [1.54, 1.807) is 0 Å². The van der Waals surface area contributed by atoms with Gasteiger partial charge in [-0.05, 0) is 30.4 Å². The summed E-state index contributed by atoms with van der Waals surface area (Å²) in [5.74, 6) is 1.91. The summed E-state index contributed by atoms with van der Waals surface area (Å²) in [6, 6.07) is 20.8. The third-order valence-electron chi connectivity index (χ3n) is 5.08. The predicted octanol–water partition coefficient (Wildman–Crippen LogP) is 3.57. The molecule has 1 aliphatic heterocycles. The minimum atomic E-state index is -0.151. The lowest BCUT2D eigenvalue weighted by molar-refractivity contribution is 0.0426. The Labute approximate surface area is 148 Å². The van der Waals surface area contributed by atoms with Crippen molar-refractivity contribution in [1.29, 1.82) is 0 Å². The van der Waals surface area contributed by atoms with E-state index in [1.165, 1.54) is 11.1 Å². The van der Waals surface area contributed by atoms with Gasteiger partial charge in [0, 0.05) is 35.5 Å². The first-order valence-electron chi connectivity index (χ1n) is 8.57. The molecule has 2 nitrogen and oxygen atoms in total. The first-order chi connectivity index (χ1) is 11.7. The maximum atomic E-state index is 10.2. The van der Waals surface area contributed by atoms with Crippen LogP contribution in [0.3, 0.4) is 0 Å². The van der Waals surface area contributed by atoms with E-state index in [2.05, 4.69) is 48.5 Å². The molecule has 0 saturated carbocycles. The second-order valence-electron chi connectivity index (χ2n) is 7.31. The lowest BCUT2D eigenvalue weighted by Gasteiger charge is -2.46. The van der Waals surface area contributed by atoms with Crippen molar-refractivity contribution in [1.82, 2.24) is 0 Å². The highest BCUT2D eigenvalue weighted by molar-refractivity contribution is 7.99. The molecule has 2 aromatic carbocycles. The van der Waals surface area contributed by atoms with Crippen LogP contribution in [0, 0.1) is 10.8 Å². The molecular weight excluding hydrogens is 316 g/mol. The molecule has 1 fully saturated rings. The van der Waals surface area contributed by atoms with Gasteiger partial charge in [0.1, 0.15) is 0 Å². The fourth-order valence-corrected chi connectivity index (χ4v) is 5.54. The standard InChI is InChI=1S/C21H26O2S/c22-14-20(11-18-7-3-1-4-8-18)13-21(15-23,17-24-16-20)12-19-9-5-2-6-10-19/h1-10,22-23H,11-17H2/t20-,21-/m0/s1. The highest BCUT2D eigenvalue weighted by atomic mass is 32.2. The maximum Gasteiger partial charge on any atom is 0.0498 e. The van der Waals surface area contributed by atoms with Gasteiger partial charge in [-0.2, -0.15) is 11.8 Å². The summed E-state index contributed by atoms with van der Waals surface area (Å²) >= 11 is 1.88. The van der Waals surface area contributed by atoms with Crippen molar-refractivity contribution >= 4 is 11.8 Å². The minimum Gasteiger partial charge on any atom is -0.396 e. The molecule has 0 aliphatic carbocycles. The van der Waals surface area contributed by atoms with Crippen LogP contribution in [0.25, 0.3) is 0 Å². The van der Waals surface area contributed by atoms with Gasteiger partial charge in [0.2, 0.25) is 0 Å². The third kappa shape index (κ3) is 4.02. The number of hydrogen-bond acceptors (Lipinski definition) is 3. The molecule has 2 atom stereocenters. The summed E-state index contributed by atoms with van der Waals surface area (Å²) in [5, 5.41) is 20.4. The molecule has 0 spiro atoms. The van der Waals surface area contributed by atoms with Crippen molar-refractivity contribution in [2.24, 2.45) is 10.8 Å². The van der Waals surface area contributed by atoms with Crippen molar-refractivity contribution in [3.8, 4) is 0 Å². The Kier molecular flexibility index (Phi) is 5.65. The molecule has 0 radical (unpaired) electrons. The van der Waals surface area contributed by atoms with Gasteiger partial charge >= 0.3 is 0 Å². The van der Waals surface area contributed by atoms with Gasteiger partial charge in [0.15, 0.2) is 0 Å². The molecule has 0 bridgehead atoms. The summed E-state index contributed by atoms with van der Waals surface area (Å²) < 4.78 is 0. The normalized spacial score (nSPS) is 27.1. The summed E-state index contributed by atoms with van der Waals surface area (Å²) in [7, 11) is 0. The van der Waals surface area contributed by atoms with E-state index in [0.29, 0.717) is 0 Å². The van der Waals surface area contributed by atoms with Crippen LogP contribution in [-0.2, 0) is 12.8 Å². The van der Waals surface area contributed by atoms with E-state index in [0.717, 1.165) is 30.8 Å². The van der Waals surface area contributed by atoms with Gasteiger partial charge in [-0.25, -0.2) is 0 Å². The molecule has 1 heterocycles. The van der Waals surface area contributed by atoms with Crippen LogP contribution in [0.2, 0.25) is 0 Å². The summed E-state index contributed by atoms with van der Waals surface area (Å²) in [5.41, 5.74) is 2.23. The van der Waals surface area contributed by atoms with Gasteiger partial charge < -0.3 is 10.2 Å². The minimum absolute atomic E-state index is 0.151. The first-order valence-corrected chi connectivity index (χ1v) is 9.72. The Hall–Kier alpha value is -1.29. The van der Waals surface area contributed by atoms with E-state index >= 15 is 0 Å². The molecule has 1 aliphatic rings. The Balaban J connectivity index is 1.81. The first kappa shape index (κ1) is 17.5. The number of thioether (sulfide) groups is 1. The van der Waals surface area contributed by atoms with E-state index < -0.39 is 0 Å². The average molecular weight is 343 g/mol. The molecule has 0 amide bonds. The zero-order chi connectivity index (χ0) is 16.9. The summed E-state index contributed by atoms with van der Waals surface area (Å²) in [6.45, 7) is 0.344.